The van der Waals surface area contributed by atoms with Gasteiger partial charge < -0.3 is 5.32 Å². The predicted octanol–water partition coefficient (Wildman–Crippen LogP) is 0.509. The molecule has 0 aliphatic carbocycles. The molecule has 0 aromatic carbocycles. The first-order chi connectivity index (χ1) is 9.15. The van der Waals surface area contributed by atoms with E-state index in [1.165, 1.54) is 6.20 Å². The van der Waals surface area contributed by atoms with Gasteiger partial charge in [0.1, 0.15) is 11.5 Å². The molecule has 0 fully saturated rings. The third kappa shape index (κ3) is 3.92. The molecule has 0 spiro atoms. The molecule has 0 bridgehead atoms. The lowest BCUT2D eigenvalue weighted by Crippen LogP contribution is -2.25. The predicted molar refractivity (Wildman–Crippen MR) is 69.1 cm³/mol. The molecule has 0 aliphatic rings. The van der Waals surface area contributed by atoms with Gasteiger partial charge in [-0.05, 0) is 18.6 Å². The lowest BCUT2D eigenvalue weighted by atomic mass is 10.3. The third-order valence-corrected chi connectivity index (χ3v) is 2.61. The van der Waals surface area contributed by atoms with Crippen molar-refractivity contribution in [3.8, 4) is 0 Å². The van der Waals surface area contributed by atoms with Gasteiger partial charge in [-0.15, -0.1) is 0 Å². The number of hydrogen-bond acceptors (Lipinski definition) is 4. The van der Waals surface area contributed by atoms with Crippen LogP contribution in [0.4, 0.5) is 0 Å². The summed E-state index contributed by atoms with van der Waals surface area (Å²) in [7, 11) is 0. The smallest absolute Gasteiger partial charge is 0.340 e. The van der Waals surface area contributed by atoms with Gasteiger partial charge in [-0.1, -0.05) is 11.6 Å². The van der Waals surface area contributed by atoms with Gasteiger partial charge >= 0.3 is 5.69 Å². The van der Waals surface area contributed by atoms with E-state index in [0.29, 0.717) is 35.9 Å². The first kappa shape index (κ1) is 13.3. The Morgan fingerprint density at radius 2 is 2.26 bits per heavy atom. The molecular weight excluding hydrogens is 270 g/mol. The molecule has 3 N–H and O–H groups in total. The number of H-pyrrole nitrogens is 2. The maximum absolute atomic E-state index is 11.7. The van der Waals surface area contributed by atoms with E-state index in [1.807, 2.05) is 0 Å². The lowest BCUT2D eigenvalue weighted by molar-refractivity contribution is 0.0948. The van der Waals surface area contributed by atoms with Crippen molar-refractivity contribution in [1.82, 2.24) is 25.5 Å². The summed E-state index contributed by atoms with van der Waals surface area (Å²) < 4.78 is 0. The molecule has 0 atom stereocenters. The molecule has 1 amide bonds. The fourth-order valence-electron chi connectivity index (χ4n) is 1.48. The molecule has 2 rings (SSSR count). The standard InChI is InChI=1S/C11H12ClN5O2/c12-7-3-4-8(14-6-7)10(18)13-5-1-2-9-15-11(19)17-16-9/h3-4,6H,1-2,5H2,(H,13,18)(H2,15,16,17,19). The van der Waals surface area contributed by atoms with E-state index in [9.17, 15) is 9.59 Å². The Balaban J connectivity index is 1.75. The van der Waals surface area contributed by atoms with Crippen molar-refractivity contribution in [2.75, 3.05) is 6.54 Å². The Morgan fingerprint density at radius 1 is 1.42 bits per heavy atom. The van der Waals surface area contributed by atoms with Crippen LogP contribution in [0.2, 0.25) is 5.02 Å². The maximum atomic E-state index is 11.7. The van der Waals surface area contributed by atoms with E-state index in [1.54, 1.807) is 12.1 Å². The second-order valence-corrected chi connectivity index (χ2v) is 4.28. The monoisotopic (exact) mass is 281 g/mol. The quantitative estimate of drug-likeness (QED) is 0.695. The fraction of sp³-hybridized carbons (Fsp3) is 0.273. The van der Waals surface area contributed by atoms with Crippen molar-refractivity contribution < 1.29 is 4.79 Å². The molecule has 0 saturated heterocycles. The summed E-state index contributed by atoms with van der Waals surface area (Å²) in [5.74, 6) is 0.316. The number of hydrogen-bond donors (Lipinski definition) is 3. The van der Waals surface area contributed by atoms with Crippen LogP contribution in [0, 0.1) is 0 Å². The number of pyridine rings is 1. The Kier molecular flexibility index (Phi) is 4.30. The summed E-state index contributed by atoms with van der Waals surface area (Å²) in [6, 6.07) is 3.17. The summed E-state index contributed by atoms with van der Waals surface area (Å²) in [5.41, 5.74) is -0.0121. The number of carbonyl (C=O) groups excluding carboxylic acids is 1. The average molecular weight is 282 g/mol. The molecule has 0 radical (unpaired) electrons. The van der Waals surface area contributed by atoms with Crippen LogP contribution in [0.5, 0.6) is 0 Å². The summed E-state index contributed by atoms with van der Waals surface area (Å²) in [6.45, 7) is 0.470. The van der Waals surface area contributed by atoms with Crippen LogP contribution in [0.1, 0.15) is 22.7 Å². The van der Waals surface area contributed by atoms with Crippen LogP contribution < -0.4 is 11.0 Å². The van der Waals surface area contributed by atoms with Crippen LogP contribution >= 0.6 is 11.6 Å². The van der Waals surface area contributed by atoms with Crippen molar-refractivity contribution in [2.24, 2.45) is 0 Å². The molecule has 8 heteroatoms. The highest BCUT2D eigenvalue weighted by Crippen LogP contribution is 2.05. The topological polar surface area (TPSA) is 104 Å². The minimum Gasteiger partial charge on any atom is -0.351 e. The van der Waals surface area contributed by atoms with Gasteiger partial charge in [0.2, 0.25) is 0 Å². The van der Waals surface area contributed by atoms with Gasteiger partial charge in [0.15, 0.2) is 0 Å². The molecule has 0 saturated carbocycles. The summed E-state index contributed by atoms with van der Waals surface area (Å²) in [6.07, 6.45) is 2.66. The summed E-state index contributed by atoms with van der Waals surface area (Å²) in [4.78, 5) is 28.9. The van der Waals surface area contributed by atoms with Crippen LogP contribution in [-0.2, 0) is 6.42 Å². The van der Waals surface area contributed by atoms with Crippen LogP contribution in [0.25, 0.3) is 0 Å². The van der Waals surface area contributed by atoms with Gasteiger partial charge in [-0.2, -0.15) is 5.10 Å². The highest BCUT2D eigenvalue weighted by atomic mass is 35.5. The van der Waals surface area contributed by atoms with E-state index >= 15 is 0 Å². The molecule has 2 aromatic rings. The van der Waals surface area contributed by atoms with E-state index in [-0.39, 0.29) is 11.6 Å². The maximum Gasteiger partial charge on any atom is 0.340 e. The number of carbonyl (C=O) groups is 1. The Labute approximate surface area is 113 Å². The van der Waals surface area contributed by atoms with Gasteiger partial charge in [0.25, 0.3) is 5.91 Å². The van der Waals surface area contributed by atoms with Gasteiger partial charge in [0, 0.05) is 19.2 Å². The van der Waals surface area contributed by atoms with Gasteiger partial charge in [-0.25, -0.2) is 14.9 Å². The number of aromatic nitrogens is 4. The number of nitrogens with one attached hydrogen (secondary N) is 3. The van der Waals surface area contributed by atoms with Crippen molar-refractivity contribution in [2.45, 2.75) is 12.8 Å². The minimum atomic E-state index is -0.329. The van der Waals surface area contributed by atoms with E-state index < -0.39 is 0 Å². The van der Waals surface area contributed by atoms with Crippen LogP contribution in [0.15, 0.2) is 23.1 Å². The van der Waals surface area contributed by atoms with E-state index in [2.05, 4.69) is 25.5 Å². The van der Waals surface area contributed by atoms with Crippen LogP contribution in [0.3, 0.4) is 0 Å². The molecule has 100 valence electrons. The molecule has 2 heterocycles. The highest BCUT2D eigenvalue weighted by Gasteiger charge is 2.06. The first-order valence-corrected chi connectivity index (χ1v) is 6.06. The van der Waals surface area contributed by atoms with Crippen molar-refractivity contribution >= 4 is 17.5 Å². The zero-order valence-corrected chi connectivity index (χ0v) is 10.7. The average Bonchev–Trinajstić information content (AvgIpc) is 2.81. The first-order valence-electron chi connectivity index (χ1n) is 5.68. The highest BCUT2D eigenvalue weighted by molar-refractivity contribution is 6.30. The second kappa shape index (κ2) is 6.14. The molecule has 7 nitrogen and oxygen atoms in total. The molecule has 0 unspecified atom stereocenters. The van der Waals surface area contributed by atoms with Crippen molar-refractivity contribution in [3.05, 3.63) is 45.4 Å². The number of nitrogens with zero attached hydrogens (tertiary/aromatic N) is 2. The number of aryl methyl sites for hydroxylation is 1. The van der Waals surface area contributed by atoms with Gasteiger partial charge in [-0.3, -0.25) is 9.78 Å². The van der Waals surface area contributed by atoms with Crippen LogP contribution in [-0.4, -0.2) is 32.6 Å². The third-order valence-electron chi connectivity index (χ3n) is 2.39. The zero-order valence-electron chi connectivity index (χ0n) is 9.94. The van der Waals surface area contributed by atoms with Crippen molar-refractivity contribution in [1.29, 1.82) is 0 Å². The second-order valence-electron chi connectivity index (χ2n) is 3.85. The summed E-state index contributed by atoms with van der Waals surface area (Å²) >= 11 is 5.68. The Morgan fingerprint density at radius 3 is 2.89 bits per heavy atom. The van der Waals surface area contributed by atoms with E-state index in [0.717, 1.165) is 0 Å². The normalized spacial score (nSPS) is 10.4. The minimum absolute atomic E-state index is 0.257. The molecule has 0 aliphatic heterocycles. The number of rotatable bonds is 5. The molecular formula is C11H12ClN5O2. The molecule has 2 aromatic heterocycles. The van der Waals surface area contributed by atoms with E-state index in [4.69, 9.17) is 11.6 Å². The van der Waals surface area contributed by atoms with Gasteiger partial charge in [0.05, 0.1) is 5.02 Å². The van der Waals surface area contributed by atoms with Crippen molar-refractivity contribution in [3.63, 3.8) is 0 Å². The summed E-state index contributed by atoms with van der Waals surface area (Å²) in [5, 5.41) is 9.25. The largest absolute Gasteiger partial charge is 0.351 e. The SMILES string of the molecule is O=C(NCCCc1n[nH]c(=O)[nH]1)c1ccc(Cl)cn1. The number of amides is 1. The zero-order chi connectivity index (χ0) is 13.7. The Hall–Kier alpha value is -2.15. The Bertz CT molecular complexity index is 604. The molecule has 19 heavy (non-hydrogen) atoms. The fourth-order valence-corrected chi connectivity index (χ4v) is 1.59. The number of halogens is 1. The lowest BCUT2D eigenvalue weighted by Gasteiger charge is -2.03. The number of aromatic amines is 2.